The van der Waals surface area contributed by atoms with E-state index in [1.54, 1.807) is 24.3 Å². The van der Waals surface area contributed by atoms with E-state index in [0.717, 1.165) is 23.8 Å². The summed E-state index contributed by atoms with van der Waals surface area (Å²) in [6.45, 7) is 2.82. The molecule has 0 unspecified atom stereocenters. The van der Waals surface area contributed by atoms with Crippen LogP contribution in [0.25, 0.3) is 0 Å². The molecule has 2 aromatic carbocycles. The third-order valence-corrected chi connectivity index (χ3v) is 7.11. The summed E-state index contributed by atoms with van der Waals surface area (Å²) in [5.41, 5.74) is -2.57. The minimum Gasteiger partial charge on any atom is -0.393 e. The molecule has 0 spiro atoms. The minimum absolute atomic E-state index is 0.0463. The zero-order valence-electron chi connectivity index (χ0n) is 21.2. The monoisotopic (exact) mass is 537 g/mol. The highest BCUT2D eigenvalue weighted by Crippen LogP contribution is 2.45. The second-order valence-corrected chi connectivity index (χ2v) is 10.5. The molecule has 1 saturated carbocycles. The lowest BCUT2D eigenvalue weighted by Crippen LogP contribution is -2.44. The zero-order valence-corrected chi connectivity index (χ0v) is 21.9. The quantitative estimate of drug-likeness (QED) is 0.442. The average Bonchev–Trinajstić information content (AvgIpc) is 3.44. The van der Waals surface area contributed by atoms with Gasteiger partial charge in [0.15, 0.2) is 5.72 Å². The summed E-state index contributed by atoms with van der Waals surface area (Å²) in [7, 11) is 0. The average molecular weight is 538 g/mol. The van der Waals surface area contributed by atoms with Crippen molar-refractivity contribution in [1.82, 2.24) is 9.88 Å². The van der Waals surface area contributed by atoms with Crippen molar-refractivity contribution in [2.24, 2.45) is 0 Å². The van der Waals surface area contributed by atoms with Crippen molar-refractivity contribution >= 4 is 17.5 Å². The third-order valence-electron chi connectivity index (χ3n) is 6.86. The van der Waals surface area contributed by atoms with E-state index in [0.29, 0.717) is 16.3 Å². The Morgan fingerprint density at radius 3 is 2.34 bits per heavy atom. The predicted molar refractivity (Wildman–Crippen MR) is 139 cm³/mol. The van der Waals surface area contributed by atoms with Gasteiger partial charge in [0, 0.05) is 16.8 Å². The highest BCUT2D eigenvalue weighted by atomic mass is 35.5. The predicted octanol–water partition coefficient (Wildman–Crippen LogP) is 4.74. The lowest BCUT2D eigenvalue weighted by atomic mass is 9.89. The van der Waals surface area contributed by atoms with Crippen LogP contribution in [0.1, 0.15) is 77.8 Å². The Balaban J connectivity index is 0.000000494. The molecular formula is C29H29ClFN3O4. The van der Waals surface area contributed by atoms with Crippen molar-refractivity contribution in [1.29, 1.82) is 5.26 Å². The second-order valence-electron chi connectivity index (χ2n) is 10.1. The lowest BCUT2D eigenvalue weighted by Gasteiger charge is -2.35. The number of nitrogens with zero attached hydrogens (tertiary/aromatic N) is 3. The van der Waals surface area contributed by atoms with Crippen molar-refractivity contribution in [3.05, 3.63) is 99.1 Å². The number of amides is 1. The van der Waals surface area contributed by atoms with Gasteiger partial charge >= 0.3 is 0 Å². The molecule has 1 fully saturated rings. The molecule has 7 nitrogen and oxygen atoms in total. The molecule has 9 heteroatoms. The number of aliphatic hydroxyl groups is 3. The Labute approximate surface area is 225 Å². The third kappa shape index (κ3) is 5.42. The van der Waals surface area contributed by atoms with Crippen LogP contribution in [0.2, 0.25) is 5.02 Å². The first-order chi connectivity index (χ1) is 17.9. The van der Waals surface area contributed by atoms with Crippen molar-refractivity contribution < 1.29 is 24.5 Å². The normalized spacial score (nSPS) is 19.1. The van der Waals surface area contributed by atoms with Gasteiger partial charge < -0.3 is 15.3 Å². The van der Waals surface area contributed by atoms with Crippen LogP contribution in [0, 0.1) is 17.1 Å². The summed E-state index contributed by atoms with van der Waals surface area (Å²) < 4.78 is 15.4. The first kappa shape index (κ1) is 27.7. The topological polar surface area (TPSA) is 118 Å². The van der Waals surface area contributed by atoms with Gasteiger partial charge in [-0.05, 0) is 68.7 Å². The van der Waals surface area contributed by atoms with Crippen molar-refractivity contribution in [2.75, 3.05) is 0 Å². The van der Waals surface area contributed by atoms with Gasteiger partial charge in [-0.2, -0.15) is 5.26 Å². The van der Waals surface area contributed by atoms with Crippen LogP contribution in [0.3, 0.4) is 0 Å². The number of carbonyl (C=O) groups is 1. The lowest BCUT2D eigenvalue weighted by molar-refractivity contribution is -0.0567. The fourth-order valence-corrected chi connectivity index (χ4v) is 4.86. The van der Waals surface area contributed by atoms with Gasteiger partial charge in [-0.1, -0.05) is 36.6 Å². The van der Waals surface area contributed by atoms with E-state index in [2.05, 4.69) is 4.98 Å². The molecule has 3 aromatic rings. The molecule has 0 bridgehead atoms. The van der Waals surface area contributed by atoms with Gasteiger partial charge in [0.2, 0.25) is 0 Å². The molecule has 1 atom stereocenters. The number of rotatable bonds is 4. The van der Waals surface area contributed by atoms with Crippen LogP contribution < -0.4 is 0 Å². The highest BCUT2D eigenvalue weighted by Gasteiger charge is 2.52. The Kier molecular flexibility index (Phi) is 7.86. The molecule has 1 aromatic heterocycles. The Morgan fingerprint density at radius 2 is 1.84 bits per heavy atom. The first-order valence-electron chi connectivity index (χ1n) is 12.4. The SMILES string of the molecule is CC(C)(O)c1cc(F)c2c(c1)C(=O)N(Cc1ccc(C#N)cn1)[C@@]2(O)c1ccc(Cl)cc1.OC1CCCC1. The van der Waals surface area contributed by atoms with E-state index in [4.69, 9.17) is 22.0 Å². The Hall–Kier alpha value is -3.35. The fraction of sp³-hybridized carbons (Fsp3) is 0.345. The van der Waals surface area contributed by atoms with E-state index >= 15 is 4.39 Å². The van der Waals surface area contributed by atoms with Gasteiger partial charge in [0.05, 0.1) is 40.6 Å². The summed E-state index contributed by atoms with van der Waals surface area (Å²) in [6.07, 6.45) is 5.96. The second kappa shape index (κ2) is 10.8. The van der Waals surface area contributed by atoms with E-state index in [1.165, 1.54) is 51.1 Å². The van der Waals surface area contributed by atoms with Crippen LogP contribution in [0.4, 0.5) is 4.39 Å². The maximum atomic E-state index is 15.4. The number of pyridine rings is 1. The van der Waals surface area contributed by atoms with Crippen molar-refractivity contribution in [2.45, 2.75) is 63.5 Å². The summed E-state index contributed by atoms with van der Waals surface area (Å²) in [6, 6.07) is 13.7. The van der Waals surface area contributed by atoms with Gasteiger partial charge in [-0.3, -0.25) is 14.7 Å². The van der Waals surface area contributed by atoms with Crippen molar-refractivity contribution in [3.63, 3.8) is 0 Å². The summed E-state index contributed by atoms with van der Waals surface area (Å²) in [5, 5.41) is 40.3. The van der Waals surface area contributed by atoms with E-state index < -0.39 is 23.1 Å². The van der Waals surface area contributed by atoms with Crippen LogP contribution in [0.15, 0.2) is 54.7 Å². The summed E-state index contributed by atoms with van der Waals surface area (Å²) >= 11 is 5.99. The Bertz CT molecular complexity index is 1360. The number of nitriles is 1. The Morgan fingerprint density at radius 1 is 1.18 bits per heavy atom. The molecule has 198 valence electrons. The number of aromatic nitrogens is 1. The standard InChI is InChI=1S/C24H19ClFN3O3.C5H10O/c1-23(2,31)16-9-19-21(20(26)10-16)24(32,15-4-6-17(25)7-5-15)29(22(19)30)13-18-8-3-14(11-27)12-28-18;6-5-3-1-2-4-5/h3-10,12,31-32H,13H2,1-2H3;5-6H,1-4H2/t24-;/m1./s1. The van der Waals surface area contributed by atoms with E-state index in [-0.39, 0.29) is 34.9 Å². The minimum atomic E-state index is -2.13. The molecule has 1 aliphatic heterocycles. The molecule has 0 radical (unpaired) electrons. The summed E-state index contributed by atoms with van der Waals surface area (Å²) in [5.74, 6) is -1.44. The van der Waals surface area contributed by atoms with Gasteiger partial charge in [0.1, 0.15) is 11.9 Å². The molecule has 2 heterocycles. The van der Waals surface area contributed by atoms with Crippen LogP contribution in [-0.2, 0) is 17.9 Å². The van der Waals surface area contributed by atoms with Gasteiger partial charge in [0.25, 0.3) is 5.91 Å². The number of fused-ring (bicyclic) bond motifs is 1. The first-order valence-corrected chi connectivity index (χ1v) is 12.7. The van der Waals surface area contributed by atoms with Crippen LogP contribution in [0.5, 0.6) is 0 Å². The molecule has 2 aliphatic rings. The smallest absolute Gasteiger partial charge is 0.257 e. The van der Waals surface area contributed by atoms with Gasteiger partial charge in [-0.15, -0.1) is 0 Å². The zero-order chi connectivity index (χ0) is 27.7. The van der Waals surface area contributed by atoms with Crippen molar-refractivity contribution in [3.8, 4) is 6.07 Å². The number of carbonyl (C=O) groups excluding carboxylic acids is 1. The van der Waals surface area contributed by atoms with E-state index in [9.17, 15) is 15.0 Å². The number of hydrogen-bond acceptors (Lipinski definition) is 6. The molecule has 3 N–H and O–H groups in total. The molecular weight excluding hydrogens is 509 g/mol. The molecule has 5 rings (SSSR count). The summed E-state index contributed by atoms with van der Waals surface area (Å²) in [4.78, 5) is 18.7. The molecule has 1 amide bonds. The van der Waals surface area contributed by atoms with Crippen LogP contribution >= 0.6 is 11.6 Å². The fourth-order valence-electron chi connectivity index (χ4n) is 4.73. The number of hydrogen-bond donors (Lipinski definition) is 3. The number of benzene rings is 2. The van der Waals surface area contributed by atoms with Crippen LogP contribution in [-0.4, -0.2) is 37.2 Å². The largest absolute Gasteiger partial charge is 0.393 e. The molecule has 1 aliphatic carbocycles. The maximum Gasteiger partial charge on any atom is 0.257 e. The van der Waals surface area contributed by atoms with Gasteiger partial charge in [-0.25, -0.2) is 4.39 Å². The number of aliphatic hydroxyl groups excluding tert-OH is 1. The number of halogens is 2. The van der Waals surface area contributed by atoms with E-state index in [1.807, 2.05) is 6.07 Å². The molecule has 38 heavy (non-hydrogen) atoms. The maximum absolute atomic E-state index is 15.4. The molecule has 0 saturated heterocycles. The highest BCUT2D eigenvalue weighted by molar-refractivity contribution is 6.30.